The maximum atomic E-state index is 12.3. The van der Waals surface area contributed by atoms with Crippen LogP contribution in [0.25, 0.3) is 0 Å². The van der Waals surface area contributed by atoms with Crippen molar-refractivity contribution in [2.24, 2.45) is 5.92 Å². The highest BCUT2D eigenvalue weighted by molar-refractivity contribution is 7.54. The number of hydrogen-bond acceptors (Lipinski definition) is 6. The zero-order valence-corrected chi connectivity index (χ0v) is 14.4. The highest BCUT2D eigenvalue weighted by Gasteiger charge is 2.69. The standard InChI is InChI=1S/C13H18ClO8P/c1-20-10(15)9(12(14)7-5-4-6-8-12)13(22-3,11(16)21-2)23(17,18)19/h4-7,9H,8H2,1-3H3,(H2,17,18,19). The summed E-state index contributed by atoms with van der Waals surface area (Å²) in [4.78, 5) is 42.4. The van der Waals surface area contributed by atoms with Crippen molar-refractivity contribution < 1.29 is 38.2 Å². The molecule has 1 aliphatic carbocycles. The topological polar surface area (TPSA) is 119 Å². The van der Waals surface area contributed by atoms with Crippen LogP contribution < -0.4 is 0 Å². The van der Waals surface area contributed by atoms with Crippen LogP contribution in [0.5, 0.6) is 0 Å². The fraction of sp³-hybridized carbons (Fsp3) is 0.538. The van der Waals surface area contributed by atoms with E-state index in [0.717, 1.165) is 21.3 Å². The van der Waals surface area contributed by atoms with Gasteiger partial charge < -0.3 is 24.0 Å². The molecule has 2 N–H and O–H groups in total. The maximum Gasteiger partial charge on any atom is 0.369 e. The van der Waals surface area contributed by atoms with E-state index in [4.69, 9.17) is 16.3 Å². The molecule has 0 bridgehead atoms. The third kappa shape index (κ3) is 3.36. The molecular formula is C13H18ClO8P. The molecule has 0 spiro atoms. The Hall–Kier alpha value is -1.18. The van der Waals surface area contributed by atoms with Crippen LogP contribution >= 0.6 is 19.2 Å². The molecule has 0 saturated heterocycles. The lowest BCUT2D eigenvalue weighted by atomic mass is 9.81. The molecule has 130 valence electrons. The zero-order chi connectivity index (χ0) is 17.9. The fourth-order valence-electron chi connectivity index (χ4n) is 2.49. The van der Waals surface area contributed by atoms with Gasteiger partial charge in [-0.3, -0.25) is 9.36 Å². The molecular weight excluding hydrogens is 351 g/mol. The Bertz CT molecular complexity index is 583. The van der Waals surface area contributed by atoms with Crippen molar-refractivity contribution in [2.45, 2.75) is 16.6 Å². The van der Waals surface area contributed by atoms with E-state index in [0.29, 0.717) is 0 Å². The van der Waals surface area contributed by atoms with Crippen LogP contribution in [-0.4, -0.2) is 53.3 Å². The quantitative estimate of drug-likeness (QED) is 0.404. The number of rotatable bonds is 6. The molecule has 1 aliphatic rings. The Morgan fingerprint density at radius 2 is 1.87 bits per heavy atom. The van der Waals surface area contributed by atoms with Gasteiger partial charge in [-0.05, 0) is 6.42 Å². The molecule has 0 saturated carbocycles. The number of allylic oxidation sites excluding steroid dienone is 4. The smallest absolute Gasteiger partial charge is 0.369 e. The molecule has 8 nitrogen and oxygen atoms in total. The second kappa shape index (κ2) is 7.15. The van der Waals surface area contributed by atoms with E-state index in [1.165, 1.54) is 12.2 Å². The monoisotopic (exact) mass is 368 g/mol. The Labute approximate surface area is 138 Å². The van der Waals surface area contributed by atoms with Gasteiger partial charge in [0.25, 0.3) is 5.34 Å². The first-order valence-electron chi connectivity index (χ1n) is 6.41. The van der Waals surface area contributed by atoms with Gasteiger partial charge in [0.15, 0.2) is 0 Å². The second-order valence-corrected chi connectivity index (χ2v) is 7.27. The van der Waals surface area contributed by atoms with Gasteiger partial charge in [0.05, 0.1) is 19.1 Å². The predicted molar refractivity (Wildman–Crippen MR) is 80.8 cm³/mol. The Morgan fingerprint density at radius 1 is 1.26 bits per heavy atom. The summed E-state index contributed by atoms with van der Waals surface area (Å²) in [7, 11) is -2.54. The molecule has 0 aromatic carbocycles. The van der Waals surface area contributed by atoms with Crippen molar-refractivity contribution >= 4 is 31.1 Å². The van der Waals surface area contributed by atoms with Crippen LogP contribution in [0.1, 0.15) is 6.42 Å². The summed E-state index contributed by atoms with van der Waals surface area (Å²) in [6.07, 6.45) is 6.08. The van der Waals surface area contributed by atoms with Crippen molar-refractivity contribution in [3.8, 4) is 0 Å². The average Bonchev–Trinajstić information content (AvgIpc) is 2.50. The van der Waals surface area contributed by atoms with Gasteiger partial charge in [0.2, 0.25) is 0 Å². The summed E-state index contributed by atoms with van der Waals surface area (Å²) in [5, 5.41) is -2.94. The van der Waals surface area contributed by atoms with Gasteiger partial charge >= 0.3 is 19.5 Å². The molecule has 10 heteroatoms. The lowest BCUT2D eigenvalue weighted by molar-refractivity contribution is -0.174. The first kappa shape index (κ1) is 19.9. The van der Waals surface area contributed by atoms with E-state index in [1.807, 2.05) is 0 Å². The van der Waals surface area contributed by atoms with Crippen molar-refractivity contribution in [3.63, 3.8) is 0 Å². The van der Waals surface area contributed by atoms with Crippen molar-refractivity contribution in [3.05, 3.63) is 24.3 Å². The molecule has 0 aromatic heterocycles. The minimum absolute atomic E-state index is 0.0208. The summed E-state index contributed by atoms with van der Waals surface area (Å²) in [6, 6.07) is 0. The van der Waals surface area contributed by atoms with Gasteiger partial charge in [-0.25, -0.2) is 4.79 Å². The number of methoxy groups -OCH3 is 3. The van der Waals surface area contributed by atoms with E-state index >= 15 is 0 Å². The Morgan fingerprint density at radius 3 is 2.22 bits per heavy atom. The van der Waals surface area contributed by atoms with Crippen LogP contribution in [0.3, 0.4) is 0 Å². The number of carbonyl (C=O) groups excluding carboxylic acids is 2. The molecule has 3 atom stereocenters. The molecule has 0 amide bonds. The highest BCUT2D eigenvalue weighted by Crippen LogP contribution is 2.60. The maximum absolute atomic E-state index is 12.3. The van der Waals surface area contributed by atoms with E-state index in [9.17, 15) is 23.9 Å². The first-order valence-corrected chi connectivity index (χ1v) is 8.40. The second-order valence-electron chi connectivity index (χ2n) is 4.81. The molecule has 1 rings (SSSR count). The number of esters is 2. The van der Waals surface area contributed by atoms with E-state index < -0.39 is 35.7 Å². The summed E-state index contributed by atoms with van der Waals surface area (Å²) < 4.78 is 26.1. The van der Waals surface area contributed by atoms with Crippen LogP contribution in [-0.2, 0) is 28.4 Å². The molecule has 0 radical (unpaired) electrons. The van der Waals surface area contributed by atoms with E-state index in [2.05, 4.69) is 9.47 Å². The minimum atomic E-state index is -5.35. The number of halogens is 1. The van der Waals surface area contributed by atoms with Gasteiger partial charge in [-0.15, -0.1) is 11.6 Å². The van der Waals surface area contributed by atoms with Crippen LogP contribution in [0.15, 0.2) is 24.3 Å². The summed E-state index contributed by atoms with van der Waals surface area (Å²) >= 11 is 6.41. The van der Waals surface area contributed by atoms with Gasteiger partial charge in [0.1, 0.15) is 5.92 Å². The van der Waals surface area contributed by atoms with Crippen LogP contribution in [0.4, 0.5) is 0 Å². The fourth-order valence-corrected chi connectivity index (χ4v) is 4.21. The van der Waals surface area contributed by atoms with Crippen LogP contribution in [0.2, 0.25) is 0 Å². The third-order valence-corrected chi connectivity index (χ3v) is 5.57. The van der Waals surface area contributed by atoms with Crippen LogP contribution in [0, 0.1) is 5.92 Å². The third-order valence-electron chi connectivity index (χ3n) is 3.58. The number of hydrogen-bond donors (Lipinski definition) is 2. The Balaban J connectivity index is 3.68. The first-order chi connectivity index (χ1) is 10.6. The summed E-state index contributed by atoms with van der Waals surface area (Å²) in [5.74, 6) is -4.39. The normalized spacial score (nSPS) is 24.6. The predicted octanol–water partition coefficient (Wildman–Crippen LogP) is 0.963. The highest BCUT2D eigenvalue weighted by atomic mass is 35.5. The van der Waals surface area contributed by atoms with Crippen molar-refractivity contribution in [1.82, 2.24) is 0 Å². The number of alkyl halides is 1. The lowest BCUT2D eigenvalue weighted by Crippen LogP contribution is -2.58. The van der Waals surface area contributed by atoms with Gasteiger partial charge in [-0.1, -0.05) is 24.3 Å². The van der Waals surface area contributed by atoms with Crippen molar-refractivity contribution in [1.29, 1.82) is 0 Å². The zero-order valence-electron chi connectivity index (χ0n) is 12.8. The number of carbonyl (C=O) groups is 2. The lowest BCUT2D eigenvalue weighted by Gasteiger charge is -2.42. The molecule has 0 fully saturated rings. The summed E-state index contributed by atoms with van der Waals surface area (Å²) in [5.41, 5.74) is 0. The molecule has 0 aliphatic heterocycles. The van der Waals surface area contributed by atoms with Crippen molar-refractivity contribution in [2.75, 3.05) is 21.3 Å². The molecule has 0 aromatic rings. The van der Waals surface area contributed by atoms with Gasteiger partial charge in [-0.2, -0.15) is 0 Å². The molecule has 23 heavy (non-hydrogen) atoms. The summed E-state index contributed by atoms with van der Waals surface area (Å²) in [6.45, 7) is 0. The Kier molecular flexibility index (Phi) is 6.18. The average molecular weight is 369 g/mol. The van der Waals surface area contributed by atoms with E-state index in [1.54, 1.807) is 12.2 Å². The number of ether oxygens (including phenoxy) is 3. The molecule has 3 unspecified atom stereocenters. The molecule has 0 heterocycles. The van der Waals surface area contributed by atoms with Gasteiger partial charge in [0, 0.05) is 7.11 Å². The van der Waals surface area contributed by atoms with E-state index in [-0.39, 0.29) is 6.42 Å². The largest absolute Gasteiger partial charge is 0.469 e. The minimum Gasteiger partial charge on any atom is -0.469 e. The SMILES string of the molecule is COC(=O)C(C1(Cl)C=CC=CC1)C(OC)(C(=O)OC)P(=O)(O)O.